The Morgan fingerprint density at radius 2 is 0.710 bits per heavy atom. The van der Waals surface area contributed by atoms with E-state index in [1.807, 2.05) is 6.08 Å². The van der Waals surface area contributed by atoms with E-state index in [9.17, 15) is 61.0 Å². The Balaban J connectivity index is 1.40. The second-order valence-electron chi connectivity index (χ2n) is 27.1. The van der Waals surface area contributed by atoms with Gasteiger partial charge in [0, 0.05) is 6.42 Å². The maximum absolute atomic E-state index is 13.4. The van der Waals surface area contributed by atoms with E-state index in [0.717, 1.165) is 64.2 Å². The van der Waals surface area contributed by atoms with Crippen LogP contribution in [0.5, 0.6) is 0 Å². The van der Waals surface area contributed by atoms with Crippen molar-refractivity contribution in [2.45, 2.75) is 401 Å². The minimum absolute atomic E-state index is 0.239. The molecule has 1 amide bonds. The molecule has 93 heavy (non-hydrogen) atoms. The molecular formula is C74H137NO18. The maximum Gasteiger partial charge on any atom is 0.220 e. The number of hydrogen-bond donors (Lipinski definition) is 12. The van der Waals surface area contributed by atoms with Gasteiger partial charge in [-0.05, 0) is 51.4 Å². The monoisotopic (exact) mass is 1330 g/mol. The minimum Gasteiger partial charge on any atom is -0.394 e. The van der Waals surface area contributed by atoms with Crippen LogP contribution in [0.2, 0.25) is 0 Å². The first-order valence-corrected chi connectivity index (χ1v) is 37.7. The van der Waals surface area contributed by atoms with Gasteiger partial charge in [-0.3, -0.25) is 4.79 Å². The molecule has 0 spiro atoms. The first-order chi connectivity index (χ1) is 45.3. The fourth-order valence-corrected chi connectivity index (χ4v) is 12.8. The van der Waals surface area contributed by atoms with Crippen molar-refractivity contribution in [1.29, 1.82) is 0 Å². The van der Waals surface area contributed by atoms with Gasteiger partial charge in [-0.25, -0.2) is 0 Å². The summed E-state index contributed by atoms with van der Waals surface area (Å²) < 4.78 is 34.4. The summed E-state index contributed by atoms with van der Waals surface area (Å²) in [5.74, 6) is -0.277. The molecule has 3 aliphatic heterocycles. The highest BCUT2D eigenvalue weighted by Gasteiger charge is 2.53. The summed E-state index contributed by atoms with van der Waals surface area (Å²) in [6.45, 7) is 1.74. The molecule has 0 aromatic heterocycles. The lowest BCUT2D eigenvalue weighted by Crippen LogP contribution is -2.66. The number of allylic oxidation sites excluding steroid dienone is 5. The molecule has 17 atom stereocenters. The van der Waals surface area contributed by atoms with Gasteiger partial charge in [0.25, 0.3) is 0 Å². The van der Waals surface area contributed by atoms with E-state index in [1.54, 1.807) is 6.08 Å². The summed E-state index contributed by atoms with van der Waals surface area (Å²) >= 11 is 0. The summed E-state index contributed by atoms with van der Waals surface area (Å²) in [5.41, 5.74) is 0. The van der Waals surface area contributed by atoms with Gasteiger partial charge >= 0.3 is 0 Å². The first-order valence-electron chi connectivity index (χ1n) is 37.7. The van der Waals surface area contributed by atoms with Gasteiger partial charge in [0.2, 0.25) is 5.91 Å². The molecule has 3 saturated heterocycles. The smallest absolute Gasteiger partial charge is 0.220 e. The van der Waals surface area contributed by atoms with Gasteiger partial charge in [-0.1, -0.05) is 275 Å². The predicted molar refractivity (Wildman–Crippen MR) is 365 cm³/mol. The zero-order valence-corrected chi connectivity index (χ0v) is 58.0. The van der Waals surface area contributed by atoms with Gasteiger partial charge in [-0.2, -0.15) is 0 Å². The topological polar surface area (TPSA) is 307 Å². The molecule has 19 nitrogen and oxygen atoms in total. The number of aliphatic hydroxyl groups excluding tert-OH is 11. The van der Waals surface area contributed by atoms with Crippen molar-refractivity contribution in [2.75, 3.05) is 26.4 Å². The van der Waals surface area contributed by atoms with Gasteiger partial charge in [-0.15, -0.1) is 0 Å². The van der Waals surface area contributed by atoms with Crippen molar-refractivity contribution in [3.05, 3.63) is 36.5 Å². The number of unbranched alkanes of at least 4 members (excludes halogenated alkanes) is 39. The lowest BCUT2D eigenvalue weighted by Gasteiger charge is -2.48. The zero-order chi connectivity index (χ0) is 67.5. The van der Waals surface area contributed by atoms with Gasteiger partial charge in [0.1, 0.15) is 73.2 Å². The van der Waals surface area contributed by atoms with Crippen LogP contribution >= 0.6 is 0 Å². The Labute approximate surface area is 561 Å². The third-order valence-corrected chi connectivity index (χ3v) is 18.9. The molecule has 12 N–H and O–H groups in total. The van der Waals surface area contributed by atoms with Crippen LogP contribution in [0, 0.1) is 0 Å². The number of rotatable bonds is 59. The molecule has 17 unspecified atom stereocenters. The van der Waals surface area contributed by atoms with Crippen molar-refractivity contribution < 1.29 is 89.4 Å². The third-order valence-electron chi connectivity index (χ3n) is 18.9. The fraction of sp³-hybridized carbons (Fsp3) is 0.905. The quantitative estimate of drug-likeness (QED) is 0.0199. The summed E-state index contributed by atoms with van der Waals surface area (Å²) in [4.78, 5) is 13.4. The van der Waals surface area contributed by atoms with Gasteiger partial charge in [0.15, 0.2) is 18.9 Å². The summed E-state index contributed by atoms with van der Waals surface area (Å²) in [5, 5.41) is 121. The van der Waals surface area contributed by atoms with Crippen LogP contribution in [-0.2, 0) is 33.2 Å². The minimum atomic E-state index is -1.98. The zero-order valence-electron chi connectivity index (χ0n) is 58.0. The van der Waals surface area contributed by atoms with E-state index < -0.39 is 124 Å². The second-order valence-corrected chi connectivity index (χ2v) is 27.1. The predicted octanol–water partition coefficient (Wildman–Crippen LogP) is 11.2. The summed E-state index contributed by atoms with van der Waals surface area (Å²) in [6, 6.07) is -0.976. The highest BCUT2D eigenvalue weighted by Crippen LogP contribution is 2.33. The number of carbonyl (C=O) groups is 1. The van der Waals surface area contributed by atoms with Crippen LogP contribution in [0.15, 0.2) is 36.5 Å². The van der Waals surface area contributed by atoms with E-state index in [1.165, 1.54) is 205 Å². The molecule has 3 rings (SSSR count). The van der Waals surface area contributed by atoms with E-state index in [0.29, 0.717) is 6.42 Å². The lowest BCUT2D eigenvalue weighted by atomic mass is 9.96. The average molecular weight is 1330 g/mol. The standard InChI is InChI=1S/C74H137NO18/c1-3-5-7-9-11-13-15-17-19-21-23-24-25-26-27-28-29-30-31-32-34-35-37-39-41-43-45-47-49-51-58(79)57(75-62(80)52-50-48-46-44-42-40-38-36-33-22-20-18-16-14-12-10-8-6-4-2)56-88-72-68(86)65(83)70(60(54-77)90-72)93-74-69(87)66(84)71(61(55-78)91-74)92-73-67(85)64(82)63(81)59(53-76)89-73/h12,14,18,20,49,51,57-61,63-74,76-79,81-87H,3-11,13,15-17,19,21-48,50,52-56H2,1-2H3,(H,75,80)/b14-12-,20-18-,51-49+. The summed E-state index contributed by atoms with van der Waals surface area (Å²) in [6.07, 6.45) is 39.8. The Morgan fingerprint density at radius 3 is 1.12 bits per heavy atom. The van der Waals surface area contributed by atoms with E-state index in [2.05, 4.69) is 43.5 Å². The Hall–Kier alpha value is -1.99. The Bertz CT molecular complexity index is 1830. The van der Waals surface area contributed by atoms with Crippen LogP contribution in [-0.4, -0.2) is 193 Å². The third kappa shape index (κ3) is 37.1. The largest absolute Gasteiger partial charge is 0.394 e. The molecule has 546 valence electrons. The summed E-state index contributed by atoms with van der Waals surface area (Å²) in [7, 11) is 0. The lowest BCUT2D eigenvalue weighted by molar-refractivity contribution is -0.379. The number of nitrogens with one attached hydrogen (secondary N) is 1. The highest BCUT2D eigenvalue weighted by atomic mass is 16.8. The van der Waals surface area contributed by atoms with Gasteiger partial charge < -0.3 is 89.9 Å². The number of amides is 1. The van der Waals surface area contributed by atoms with E-state index in [4.69, 9.17) is 28.4 Å². The van der Waals surface area contributed by atoms with E-state index in [-0.39, 0.29) is 18.9 Å². The molecule has 3 aliphatic rings. The highest BCUT2D eigenvalue weighted by molar-refractivity contribution is 5.76. The molecule has 0 saturated carbocycles. The van der Waals surface area contributed by atoms with Crippen LogP contribution in [0.3, 0.4) is 0 Å². The van der Waals surface area contributed by atoms with Crippen LogP contribution in [0.4, 0.5) is 0 Å². The normalized spacial score (nSPS) is 27.7. The number of carbonyl (C=O) groups excluding carboxylic acids is 1. The number of hydrogen-bond acceptors (Lipinski definition) is 18. The molecule has 0 aromatic carbocycles. The molecule has 0 aromatic rings. The maximum atomic E-state index is 13.4. The number of ether oxygens (including phenoxy) is 6. The molecular weight excluding hydrogens is 1190 g/mol. The van der Waals surface area contributed by atoms with Crippen LogP contribution in [0.1, 0.15) is 296 Å². The van der Waals surface area contributed by atoms with Crippen LogP contribution in [0.25, 0.3) is 0 Å². The fourth-order valence-electron chi connectivity index (χ4n) is 12.8. The Morgan fingerprint density at radius 1 is 0.387 bits per heavy atom. The van der Waals surface area contributed by atoms with E-state index >= 15 is 0 Å². The van der Waals surface area contributed by atoms with Crippen molar-refractivity contribution in [3.8, 4) is 0 Å². The van der Waals surface area contributed by atoms with Crippen molar-refractivity contribution in [2.24, 2.45) is 0 Å². The number of aliphatic hydroxyl groups is 11. The van der Waals surface area contributed by atoms with Crippen LogP contribution < -0.4 is 5.32 Å². The van der Waals surface area contributed by atoms with Crippen molar-refractivity contribution in [1.82, 2.24) is 5.32 Å². The molecule has 0 bridgehead atoms. The van der Waals surface area contributed by atoms with Crippen molar-refractivity contribution >= 4 is 5.91 Å². The molecule has 3 heterocycles. The Kier molecular flexibility index (Phi) is 51.2. The van der Waals surface area contributed by atoms with Gasteiger partial charge in [0.05, 0.1) is 38.6 Å². The molecule has 3 fully saturated rings. The second kappa shape index (κ2) is 55.8. The first kappa shape index (κ1) is 85.2. The molecule has 0 radical (unpaired) electrons. The molecule has 19 heteroatoms. The SMILES string of the molecule is CCCCC/C=C\C/C=C\CCCCCCCCCCCC(=O)NC(COC1OC(CO)C(OC2OC(CO)C(OC3OC(CO)C(O)C(O)C3O)C(O)C2O)C(O)C1O)C(O)/C=C/CCCCCCCCCCCCCCCCCCCCCCCCCCCCC. The van der Waals surface area contributed by atoms with Crippen molar-refractivity contribution in [3.63, 3.8) is 0 Å². The molecule has 0 aliphatic carbocycles. The average Bonchev–Trinajstić information content (AvgIpc) is 0.985.